The second-order valence-corrected chi connectivity index (χ2v) is 7.87. The van der Waals surface area contributed by atoms with Crippen LogP contribution in [0, 0.1) is 32.5 Å². The van der Waals surface area contributed by atoms with Crippen molar-refractivity contribution in [1.29, 1.82) is 0 Å². The standard InChI is InChI=1S/C23H28FN3O2/c1-15-4-7-21(17(3)12-15)26-22(28)14-27-10-8-18(9-11-27)23(29)25-19-6-5-16(2)20(24)13-19/h4-7,12-13,18H,8-11,14H2,1-3H3,(H,25,29)(H,26,28). The predicted molar refractivity (Wildman–Crippen MR) is 113 cm³/mol. The maximum atomic E-state index is 13.6. The molecule has 0 spiro atoms. The first-order chi connectivity index (χ1) is 13.8. The summed E-state index contributed by atoms with van der Waals surface area (Å²) in [4.78, 5) is 26.9. The van der Waals surface area contributed by atoms with Gasteiger partial charge in [-0.2, -0.15) is 0 Å². The van der Waals surface area contributed by atoms with Crippen molar-refractivity contribution < 1.29 is 14.0 Å². The number of halogens is 1. The number of carbonyl (C=O) groups excluding carboxylic acids is 2. The lowest BCUT2D eigenvalue weighted by Gasteiger charge is -2.30. The van der Waals surface area contributed by atoms with E-state index in [9.17, 15) is 14.0 Å². The molecule has 1 aliphatic heterocycles. The molecule has 1 aliphatic rings. The molecule has 154 valence electrons. The third kappa shape index (κ3) is 5.64. The maximum Gasteiger partial charge on any atom is 0.238 e. The van der Waals surface area contributed by atoms with Crippen LogP contribution in [0.1, 0.15) is 29.5 Å². The smallest absolute Gasteiger partial charge is 0.238 e. The average molecular weight is 397 g/mol. The van der Waals surface area contributed by atoms with Crippen molar-refractivity contribution in [2.75, 3.05) is 30.3 Å². The Balaban J connectivity index is 1.46. The number of piperidine rings is 1. The molecule has 1 fully saturated rings. The highest BCUT2D eigenvalue weighted by Crippen LogP contribution is 2.21. The zero-order valence-electron chi connectivity index (χ0n) is 17.2. The van der Waals surface area contributed by atoms with E-state index in [4.69, 9.17) is 0 Å². The van der Waals surface area contributed by atoms with Gasteiger partial charge in [-0.15, -0.1) is 0 Å². The van der Waals surface area contributed by atoms with E-state index in [1.165, 1.54) is 6.07 Å². The van der Waals surface area contributed by atoms with E-state index in [0.717, 1.165) is 16.8 Å². The van der Waals surface area contributed by atoms with Crippen molar-refractivity contribution in [3.05, 3.63) is 58.9 Å². The summed E-state index contributed by atoms with van der Waals surface area (Å²) in [6.45, 7) is 7.36. The number of anilines is 2. The molecule has 6 heteroatoms. The summed E-state index contributed by atoms with van der Waals surface area (Å²) < 4.78 is 13.6. The lowest BCUT2D eigenvalue weighted by molar-refractivity contribution is -0.121. The number of nitrogens with zero attached hydrogens (tertiary/aromatic N) is 1. The van der Waals surface area contributed by atoms with Gasteiger partial charge >= 0.3 is 0 Å². The monoisotopic (exact) mass is 397 g/mol. The van der Waals surface area contributed by atoms with E-state index in [2.05, 4.69) is 15.5 Å². The van der Waals surface area contributed by atoms with E-state index >= 15 is 0 Å². The lowest BCUT2D eigenvalue weighted by Crippen LogP contribution is -2.41. The maximum absolute atomic E-state index is 13.6. The topological polar surface area (TPSA) is 61.4 Å². The molecule has 0 atom stereocenters. The van der Waals surface area contributed by atoms with Crippen molar-refractivity contribution in [2.24, 2.45) is 5.92 Å². The number of benzene rings is 2. The van der Waals surface area contributed by atoms with Gasteiger partial charge in [0.1, 0.15) is 5.82 Å². The van der Waals surface area contributed by atoms with Crippen LogP contribution in [0.25, 0.3) is 0 Å². The minimum Gasteiger partial charge on any atom is -0.326 e. The van der Waals surface area contributed by atoms with Gasteiger partial charge in [-0.05, 0) is 76.0 Å². The Morgan fingerprint density at radius 1 is 1.00 bits per heavy atom. The molecule has 1 heterocycles. The fourth-order valence-electron chi connectivity index (χ4n) is 3.61. The zero-order valence-corrected chi connectivity index (χ0v) is 17.2. The largest absolute Gasteiger partial charge is 0.326 e. The molecule has 2 aromatic rings. The number of aryl methyl sites for hydroxylation is 3. The van der Waals surface area contributed by atoms with E-state index < -0.39 is 0 Å². The van der Waals surface area contributed by atoms with Crippen molar-refractivity contribution in [3.63, 3.8) is 0 Å². The summed E-state index contributed by atoms with van der Waals surface area (Å²) in [6, 6.07) is 10.7. The fraction of sp³-hybridized carbons (Fsp3) is 0.391. The van der Waals surface area contributed by atoms with Gasteiger partial charge in [0.05, 0.1) is 6.54 Å². The van der Waals surface area contributed by atoms with Gasteiger partial charge in [0, 0.05) is 17.3 Å². The van der Waals surface area contributed by atoms with Crippen LogP contribution < -0.4 is 10.6 Å². The van der Waals surface area contributed by atoms with Crippen LogP contribution >= 0.6 is 0 Å². The summed E-state index contributed by atoms with van der Waals surface area (Å²) in [5, 5.41) is 5.77. The summed E-state index contributed by atoms with van der Waals surface area (Å²) in [6.07, 6.45) is 1.36. The SMILES string of the molecule is Cc1ccc(NC(=O)CN2CCC(C(=O)Nc3ccc(C)c(F)c3)CC2)c(C)c1. The number of hydrogen-bond donors (Lipinski definition) is 2. The number of carbonyl (C=O) groups is 2. The minimum absolute atomic E-state index is 0.0463. The molecule has 2 aromatic carbocycles. The first-order valence-corrected chi connectivity index (χ1v) is 9.98. The Morgan fingerprint density at radius 2 is 1.72 bits per heavy atom. The van der Waals surface area contributed by atoms with Gasteiger partial charge in [-0.25, -0.2) is 4.39 Å². The van der Waals surface area contributed by atoms with Crippen LogP contribution in [0.3, 0.4) is 0 Å². The van der Waals surface area contributed by atoms with Crippen molar-refractivity contribution in [3.8, 4) is 0 Å². The van der Waals surface area contributed by atoms with Crippen LogP contribution in [0.5, 0.6) is 0 Å². The highest BCUT2D eigenvalue weighted by Gasteiger charge is 2.26. The number of rotatable bonds is 5. The predicted octanol–water partition coefficient (Wildman–Crippen LogP) is 4.04. The summed E-state index contributed by atoms with van der Waals surface area (Å²) in [5.74, 6) is -0.590. The van der Waals surface area contributed by atoms with Gasteiger partial charge in [0.15, 0.2) is 0 Å². The molecule has 0 bridgehead atoms. The second kappa shape index (κ2) is 9.18. The van der Waals surface area contributed by atoms with Crippen LogP contribution in [0.4, 0.5) is 15.8 Å². The molecule has 1 saturated heterocycles. The van der Waals surface area contributed by atoms with Gasteiger partial charge < -0.3 is 10.6 Å². The van der Waals surface area contributed by atoms with Gasteiger partial charge in [0.2, 0.25) is 11.8 Å². The Bertz CT molecular complexity index is 905. The third-order valence-electron chi connectivity index (χ3n) is 5.42. The van der Waals surface area contributed by atoms with E-state index in [1.807, 2.05) is 32.0 Å². The van der Waals surface area contributed by atoms with E-state index in [-0.39, 0.29) is 23.5 Å². The molecular weight excluding hydrogens is 369 g/mol. The Morgan fingerprint density at radius 3 is 2.38 bits per heavy atom. The minimum atomic E-state index is -0.326. The van der Waals surface area contributed by atoms with Crippen molar-refractivity contribution >= 4 is 23.2 Å². The van der Waals surface area contributed by atoms with Crippen LogP contribution in [0.15, 0.2) is 36.4 Å². The van der Waals surface area contributed by atoms with Crippen LogP contribution in [-0.4, -0.2) is 36.3 Å². The van der Waals surface area contributed by atoms with Gasteiger partial charge in [0.25, 0.3) is 0 Å². The molecule has 0 saturated carbocycles. The van der Waals surface area contributed by atoms with Crippen molar-refractivity contribution in [1.82, 2.24) is 4.90 Å². The molecule has 0 radical (unpaired) electrons. The number of likely N-dealkylation sites (tertiary alicyclic amines) is 1. The molecule has 2 amide bonds. The molecule has 29 heavy (non-hydrogen) atoms. The van der Waals surface area contributed by atoms with Gasteiger partial charge in [-0.1, -0.05) is 23.8 Å². The van der Waals surface area contributed by atoms with Crippen LogP contribution in [0.2, 0.25) is 0 Å². The highest BCUT2D eigenvalue weighted by molar-refractivity contribution is 5.93. The zero-order chi connectivity index (χ0) is 21.0. The number of nitrogens with one attached hydrogen (secondary N) is 2. The highest BCUT2D eigenvalue weighted by atomic mass is 19.1. The van der Waals surface area contributed by atoms with Crippen molar-refractivity contribution in [2.45, 2.75) is 33.6 Å². The number of amides is 2. The molecule has 0 aromatic heterocycles. The van der Waals surface area contributed by atoms with E-state index in [1.54, 1.807) is 19.1 Å². The first-order valence-electron chi connectivity index (χ1n) is 9.98. The second-order valence-electron chi connectivity index (χ2n) is 7.87. The summed E-state index contributed by atoms with van der Waals surface area (Å²) in [7, 11) is 0. The normalized spacial score (nSPS) is 15.2. The summed E-state index contributed by atoms with van der Waals surface area (Å²) >= 11 is 0. The third-order valence-corrected chi connectivity index (χ3v) is 5.42. The first kappa shape index (κ1) is 21.0. The Kier molecular flexibility index (Phi) is 6.64. The Labute approximate surface area is 171 Å². The fourth-order valence-corrected chi connectivity index (χ4v) is 3.61. The quantitative estimate of drug-likeness (QED) is 0.800. The molecule has 0 aliphatic carbocycles. The lowest BCUT2D eigenvalue weighted by atomic mass is 9.95. The number of hydrogen-bond acceptors (Lipinski definition) is 3. The summed E-state index contributed by atoms with van der Waals surface area (Å²) in [5.41, 5.74) is 4.07. The Hall–Kier alpha value is -2.73. The van der Waals surface area contributed by atoms with Gasteiger partial charge in [-0.3, -0.25) is 14.5 Å². The molecular formula is C23H28FN3O2. The molecule has 3 rings (SSSR count). The molecule has 5 nitrogen and oxygen atoms in total. The molecule has 0 unspecified atom stereocenters. The average Bonchev–Trinajstić information content (AvgIpc) is 2.67. The van der Waals surface area contributed by atoms with Crippen LogP contribution in [-0.2, 0) is 9.59 Å². The van der Waals surface area contributed by atoms with E-state index in [0.29, 0.717) is 43.7 Å². The molecule has 2 N–H and O–H groups in total.